The number of carbonyl (C=O) groups excluding carboxylic acids is 1. The summed E-state index contributed by atoms with van der Waals surface area (Å²) in [7, 11) is -0.330. The Morgan fingerprint density at radius 3 is 2.03 bits per heavy atom. The fraction of sp³-hybridized carbons (Fsp3) is 0.903. The predicted octanol–water partition coefficient (Wildman–Crippen LogP) is 7.14. The Morgan fingerprint density at radius 2 is 1.55 bits per heavy atom. The third-order valence-corrected chi connectivity index (χ3v) is 12.8. The minimum atomic E-state index is -2.09. The monoisotopic (exact) mass is 558 g/mol. The molecule has 0 radical (unpaired) electrons. The Labute approximate surface area is 236 Å². The zero-order chi connectivity index (χ0) is 29.9. The Balaban J connectivity index is 5.52. The molecule has 7 heteroatoms. The van der Waals surface area contributed by atoms with Crippen LogP contribution in [0.15, 0.2) is 11.6 Å². The quantitative estimate of drug-likeness (QED) is 0.112. The summed E-state index contributed by atoms with van der Waals surface area (Å²) >= 11 is 0. The third kappa shape index (κ3) is 13.1. The number of carbonyl (C=O) groups is 1. The molecule has 0 saturated heterocycles. The second-order valence-electron chi connectivity index (χ2n) is 14.0. The van der Waals surface area contributed by atoms with E-state index in [1.807, 2.05) is 20.8 Å². The summed E-state index contributed by atoms with van der Waals surface area (Å²) in [6, 6.07) is 0. The molecule has 0 aromatic carbocycles. The molecule has 0 aliphatic rings. The number of allylic oxidation sites excluding steroid dienone is 1. The van der Waals surface area contributed by atoms with E-state index in [9.17, 15) is 15.0 Å². The lowest BCUT2D eigenvalue weighted by atomic mass is 9.85. The molecule has 0 rings (SSSR count). The van der Waals surface area contributed by atoms with E-state index < -0.39 is 19.8 Å². The summed E-state index contributed by atoms with van der Waals surface area (Å²) in [5.74, 6) is 0.299. The fourth-order valence-electron chi connectivity index (χ4n) is 4.20. The molecule has 0 fully saturated rings. The van der Waals surface area contributed by atoms with Gasteiger partial charge in [-0.3, -0.25) is 4.79 Å². The van der Waals surface area contributed by atoms with Crippen molar-refractivity contribution in [2.24, 2.45) is 23.2 Å². The molecule has 6 atom stereocenters. The van der Waals surface area contributed by atoms with Crippen LogP contribution in [-0.4, -0.2) is 63.1 Å². The molecule has 38 heavy (non-hydrogen) atoms. The van der Waals surface area contributed by atoms with Crippen molar-refractivity contribution in [3.05, 3.63) is 11.6 Å². The number of aliphatic hydroxyl groups excluding tert-OH is 2. The molecule has 0 aromatic heterocycles. The Bertz CT molecular complexity index is 706. The average molecular weight is 559 g/mol. The summed E-state index contributed by atoms with van der Waals surface area (Å²) in [6.07, 6.45) is 5.44. The lowest BCUT2D eigenvalue weighted by molar-refractivity contribution is -0.153. The Hall–Kier alpha value is -0.733. The lowest BCUT2D eigenvalue weighted by Gasteiger charge is -2.44. The zero-order valence-corrected chi connectivity index (χ0v) is 28.0. The van der Waals surface area contributed by atoms with Gasteiger partial charge >= 0.3 is 5.97 Å². The highest BCUT2D eigenvalue weighted by molar-refractivity contribution is 6.74. The Kier molecular flexibility index (Phi) is 16.2. The van der Waals surface area contributed by atoms with Crippen LogP contribution in [0, 0.1) is 23.2 Å². The van der Waals surface area contributed by atoms with E-state index >= 15 is 0 Å². The van der Waals surface area contributed by atoms with Crippen LogP contribution in [0.3, 0.4) is 0 Å². The largest absolute Gasteiger partial charge is 0.465 e. The number of methoxy groups -OCH3 is 1. The van der Waals surface area contributed by atoms with Gasteiger partial charge in [0.15, 0.2) is 8.32 Å². The highest BCUT2D eigenvalue weighted by atomic mass is 28.4. The number of aliphatic hydroxyl groups is 2. The summed E-state index contributed by atoms with van der Waals surface area (Å²) < 4.78 is 18.2. The van der Waals surface area contributed by atoms with Gasteiger partial charge in [-0.05, 0) is 88.9 Å². The van der Waals surface area contributed by atoms with Crippen molar-refractivity contribution >= 4 is 14.3 Å². The van der Waals surface area contributed by atoms with Crippen molar-refractivity contribution in [1.82, 2.24) is 0 Å². The van der Waals surface area contributed by atoms with E-state index in [4.69, 9.17) is 13.9 Å². The van der Waals surface area contributed by atoms with Crippen LogP contribution < -0.4 is 0 Å². The molecule has 6 nitrogen and oxygen atoms in total. The standard InChI is InChI=1S/C31H62O6Si/c1-22(18-20-32)14-15-23(2)27(35-11)17-16-24(3)28(37-38(12,13)31(8,9)10)25(4)26(33)19-21-36-29(34)30(5,6)7/h15,22,24-28,32-33H,14,16-21H2,1-13H3/b23-15+/t22-,24-,25-,26-,27+,28-/m1/s1. The second-order valence-corrected chi connectivity index (χ2v) is 18.8. The molecule has 0 aliphatic heterocycles. The number of esters is 1. The molecule has 0 amide bonds. The van der Waals surface area contributed by atoms with Gasteiger partial charge in [-0.25, -0.2) is 0 Å². The first kappa shape index (κ1) is 37.3. The van der Waals surface area contributed by atoms with Crippen molar-refractivity contribution in [2.75, 3.05) is 20.3 Å². The summed E-state index contributed by atoms with van der Waals surface area (Å²) in [5.41, 5.74) is 0.667. The normalized spacial score (nSPS) is 18.4. The molecule has 0 spiro atoms. The van der Waals surface area contributed by atoms with E-state index in [0.29, 0.717) is 12.3 Å². The first-order valence-electron chi connectivity index (χ1n) is 14.6. The summed E-state index contributed by atoms with van der Waals surface area (Å²) in [5, 5.41) is 20.4. The highest BCUT2D eigenvalue weighted by Crippen LogP contribution is 2.40. The van der Waals surface area contributed by atoms with E-state index in [-0.39, 0.29) is 48.3 Å². The highest BCUT2D eigenvalue weighted by Gasteiger charge is 2.42. The minimum Gasteiger partial charge on any atom is -0.465 e. The van der Waals surface area contributed by atoms with Crippen molar-refractivity contribution < 1.29 is 28.9 Å². The van der Waals surface area contributed by atoms with Gasteiger partial charge in [0.2, 0.25) is 0 Å². The van der Waals surface area contributed by atoms with Gasteiger partial charge in [0.1, 0.15) is 0 Å². The lowest BCUT2D eigenvalue weighted by Crippen LogP contribution is -2.49. The van der Waals surface area contributed by atoms with Gasteiger partial charge in [0.25, 0.3) is 0 Å². The zero-order valence-electron chi connectivity index (χ0n) is 27.0. The molecular weight excluding hydrogens is 496 g/mol. The molecule has 226 valence electrons. The van der Waals surface area contributed by atoms with Crippen LogP contribution in [-0.2, 0) is 18.7 Å². The maximum Gasteiger partial charge on any atom is 0.311 e. The average Bonchev–Trinajstić information content (AvgIpc) is 2.79. The summed E-state index contributed by atoms with van der Waals surface area (Å²) in [4.78, 5) is 12.2. The van der Waals surface area contributed by atoms with Gasteiger partial charge in [-0.15, -0.1) is 0 Å². The van der Waals surface area contributed by atoms with Crippen LogP contribution >= 0.6 is 0 Å². The number of rotatable bonds is 17. The second kappa shape index (κ2) is 16.5. The molecule has 0 bridgehead atoms. The van der Waals surface area contributed by atoms with Gasteiger partial charge in [0, 0.05) is 26.1 Å². The van der Waals surface area contributed by atoms with Crippen LogP contribution in [0.5, 0.6) is 0 Å². The smallest absolute Gasteiger partial charge is 0.311 e. The molecule has 0 saturated carbocycles. The van der Waals surface area contributed by atoms with E-state index in [0.717, 1.165) is 25.7 Å². The Morgan fingerprint density at radius 1 is 0.974 bits per heavy atom. The van der Waals surface area contributed by atoms with E-state index in [1.165, 1.54) is 5.57 Å². The van der Waals surface area contributed by atoms with Crippen LogP contribution in [0.2, 0.25) is 18.1 Å². The molecule has 0 aromatic rings. The topological polar surface area (TPSA) is 85.2 Å². The van der Waals surface area contributed by atoms with Crippen LogP contribution in [0.25, 0.3) is 0 Å². The molecule has 0 aliphatic carbocycles. The van der Waals surface area contributed by atoms with Crippen molar-refractivity contribution in [3.63, 3.8) is 0 Å². The number of ether oxygens (including phenoxy) is 2. The van der Waals surface area contributed by atoms with Gasteiger partial charge < -0.3 is 24.1 Å². The molecular formula is C31H62O6Si. The molecule has 2 N–H and O–H groups in total. The van der Waals surface area contributed by atoms with Crippen molar-refractivity contribution in [1.29, 1.82) is 0 Å². The number of hydrogen-bond acceptors (Lipinski definition) is 6. The first-order chi connectivity index (χ1) is 17.3. The maximum absolute atomic E-state index is 12.2. The van der Waals surface area contributed by atoms with Gasteiger partial charge in [-0.2, -0.15) is 0 Å². The van der Waals surface area contributed by atoms with Gasteiger partial charge in [0.05, 0.1) is 30.3 Å². The van der Waals surface area contributed by atoms with E-state index in [2.05, 4.69) is 67.6 Å². The minimum absolute atomic E-state index is 0.0318. The third-order valence-electron chi connectivity index (χ3n) is 8.32. The maximum atomic E-state index is 12.2. The van der Waals surface area contributed by atoms with Crippen molar-refractivity contribution in [3.8, 4) is 0 Å². The number of hydrogen-bond donors (Lipinski definition) is 2. The van der Waals surface area contributed by atoms with E-state index in [1.54, 1.807) is 7.11 Å². The predicted molar refractivity (Wildman–Crippen MR) is 161 cm³/mol. The molecule has 0 heterocycles. The van der Waals surface area contributed by atoms with Crippen LogP contribution in [0.4, 0.5) is 0 Å². The van der Waals surface area contributed by atoms with Gasteiger partial charge in [-0.1, -0.05) is 47.6 Å². The summed E-state index contributed by atoms with van der Waals surface area (Å²) in [6.45, 7) is 25.7. The van der Waals surface area contributed by atoms with Crippen molar-refractivity contribution in [2.45, 2.75) is 138 Å². The molecule has 0 unspecified atom stereocenters. The SMILES string of the molecule is CO[C@@H](CC[C@@H](C)[C@@H](O[Si](C)(C)C(C)(C)C)[C@H](C)[C@H](O)CCOC(=O)C(C)(C)C)/C(C)=C/C[C@@H](C)CCO. The fourth-order valence-corrected chi connectivity index (χ4v) is 5.68. The van der Waals surface area contributed by atoms with Crippen LogP contribution in [0.1, 0.15) is 101 Å². The first-order valence-corrected chi connectivity index (χ1v) is 17.5.